The van der Waals surface area contributed by atoms with E-state index in [1.807, 2.05) is 24.9 Å². The summed E-state index contributed by atoms with van der Waals surface area (Å²) in [5, 5.41) is 5.43. The Morgan fingerprint density at radius 1 is 1.09 bits per heavy atom. The molecule has 2 fully saturated rings. The van der Waals surface area contributed by atoms with Gasteiger partial charge in [-0.25, -0.2) is 9.97 Å². The van der Waals surface area contributed by atoms with E-state index in [0.717, 1.165) is 54.9 Å². The summed E-state index contributed by atoms with van der Waals surface area (Å²) < 4.78 is 1.84. The predicted octanol–water partition coefficient (Wildman–Crippen LogP) is 1.69. The van der Waals surface area contributed by atoms with E-state index in [1.54, 1.807) is 0 Å². The Morgan fingerprint density at radius 2 is 1.83 bits per heavy atom. The molecular weight excluding hydrogens is 308 g/mol. The Hall–Kier alpha value is -1.34. The number of rotatable bonds is 2. The number of hydrogen-bond donors (Lipinski definition) is 0. The zero-order valence-corrected chi connectivity index (χ0v) is 14.7. The molecule has 2 aliphatic heterocycles. The third kappa shape index (κ3) is 2.92. The number of thioether (sulfide) groups is 1. The molecule has 2 aromatic rings. The molecule has 4 rings (SSSR count). The number of anilines is 1. The molecule has 0 unspecified atom stereocenters. The predicted molar refractivity (Wildman–Crippen MR) is 95.2 cm³/mol. The fourth-order valence-corrected chi connectivity index (χ4v) is 4.78. The molecule has 0 aliphatic carbocycles. The van der Waals surface area contributed by atoms with Gasteiger partial charge in [-0.3, -0.25) is 9.58 Å². The standard InChI is InChI=1S/C16H24N6S/c1-12-18-15-14(11-17-20(15)2)16(19-12)22-7-5-21(6-8-22)13-3-9-23-10-4-13/h11,13H,3-10H2,1-2H3. The molecule has 0 N–H and O–H groups in total. The van der Waals surface area contributed by atoms with E-state index < -0.39 is 0 Å². The monoisotopic (exact) mass is 332 g/mol. The summed E-state index contributed by atoms with van der Waals surface area (Å²) in [4.78, 5) is 14.3. The van der Waals surface area contributed by atoms with Crippen LogP contribution in [0.2, 0.25) is 0 Å². The maximum Gasteiger partial charge on any atom is 0.163 e. The maximum absolute atomic E-state index is 4.72. The van der Waals surface area contributed by atoms with Crippen molar-refractivity contribution in [3.8, 4) is 0 Å². The van der Waals surface area contributed by atoms with Gasteiger partial charge in [-0.2, -0.15) is 16.9 Å². The number of hydrogen-bond acceptors (Lipinski definition) is 6. The van der Waals surface area contributed by atoms with E-state index in [1.165, 1.54) is 24.3 Å². The van der Waals surface area contributed by atoms with E-state index >= 15 is 0 Å². The molecule has 2 aliphatic rings. The quantitative estimate of drug-likeness (QED) is 0.834. The molecule has 0 bridgehead atoms. The van der Waals surface area contributed by atoms with E-state index in [0.29, 0.717) is 0 Å². The summed E-state index contributed by atoms with van der Waals surface area (Å²) in [5.74, 6) is 4.53. The van der Waals surface area contributed by atoms with Crippen molar-refractivity contribution in [2.75, 3.05) is 42.6 Å². The Bertz CT molecular complexity index is 685. The highest BCUT2D eigenvalue weighted by molar-refractivity contribution is 7.99. The first kappa shape index (κ1) is 15.2. The molecule has 0 radical (unpaired) electrons. The molecule has 6 nitrogen and oxygen atoms in total. The van der Waals surface area contributed by atoms with Crippen LogP contribution in [0, 0.1) is 6.92 Å². The lowest BCUT2D eigenvalue weighted by molar-refractivity contribution is 0.175. The van der Waals surface area contributed by atoms with Crippen LogP contribution in [0.5, 0.6) is 0 Å². The third-order valence-electron chi connectivity index (χ3n) is 5.00. The Morgan fingerprint density at radius 3 is 2.57 bits per heavy atom. The lowest BCUT2D eigenvalue weighted by Crippen LogP contribution is -2.51. The van der Waals surface area contributed by atoms with E-state index in [2.05, 4.69) is 31.6 Å². The fraction of sp³-hybridized carbons (Fsp3) is 0.688. The largest absolute Gasteiger partial charge is 0.353 e. The SMILES string of the molecule is Cc1nc(N2CCN(C3CCSCC3)CC2)c2cnn(C)c2n1. The van der Waals surface area contributed by atoms with Crippen LogP contribution < -0.4 is 4.90 Å². The Kier molecular flexibility index (Phi) is 4.15. The lowest BCUT2D eigenvalue weighted by Gasteiger charge is -2.41. The van der Waals surface area contributed by atoms with Gasteiger partial charge in [0.15, 0.2) is 5.65 Å². The van der Waals surface area contributed by atoms with Crippen LogP contribution in [-0.4, -0.2) is 68.4 Å². The highest BCUT2D eigenvalue weighted by atomic mass is 32.2. The molecular formula is C16H24N6S. The summed E-state index contributed by atoms with van der Waals surface area (Å²) in [5.41, 5.74) is 0.930. The van der Waals surface area contributed by atoms with Gasteiger partial charge in [-0.1, -0.05) is 0 Å². The molecule has 0 saturated carbocycles. The molecule has 2 aromatic heterocycles. The van der Waals surface area contributed by atoms with Gasteiger partial charge in [0.1, 0.15) is 11.6 Å². The Labute approximate surface area is 141 Å². The average Bonchev–Trinajstić information content (AvgIpc) is 2.96. The summed E-state index contributed by atoms with van der Waals surface area (Å²) in [6, 6.07) is 0.795. The van der Waals surface area contributed by atoms with Gasteiger partial charge in [0.05, 0.1) is 11.6 Å². The molecule has 4 heterocycles. The zero-order chi connectivity index (χ0) is 15.8. The highest BCUT2D eigenvalue weighted by Gasteiger charge is 2.27. The van der Waals surface area contributed by atoms with Crippen LogP contribution in [0.4, 0.5) is 5.82 Å². The van der Waals surface area contributed by atoms with Gasteiger partial charge in [0.2, 0.25) is 0 Å². The van der Waals surface area contributed by atoms with E-state index in [4.69, 9.17) is 4.98 Å². The van der Waals surface area contributed by atoms with Crippen molar-refractivity contribution < 1.29 is 0 Å². The minimum absolute atomic E-state index is 0.795. The zero-order valence-electron chi connectivity index (χ0n) is 13.9. The van der Waals surface area contributed by atoms with Crippen molar-refractivity contribution in [1.29, 1.82) is 0 Å². The number of piperazine rings is 1. The topological polar surface area (TPSA) is 50.1 Å². The molecule has 2 saturated heterocycles. The lowest BCUT2D eigenvalue weighted by atomic mass is 10.1. The van der Waals surface area contributed by atoms with Gasteiger partial charge < -0.3 is 4.90 Å². The van der Waals surface area contributed by atoms with Gasteiger partial charge in [-0.15, -0.1) is 0 Å². The third-order valence-corrected chi connectivity index (χ3v) is 6.05. The van der Waals surface area contributed by atoms with E-state index in [9.17, 15) is 0 Å². The number of nitrogens with zero attached hydrogens (tertiary/aromatic N) is 6. The molecule has 0 spiro atoms. The van der Waals surface area contributed by atoms with Gasteiger partial charge in [0.25, 0.3) is 0 Å². The second-order valence-electron chi connectivity index (χ2n) is 6.47. The van der Waals surface area contributed by atoms with Crippen LogP contribution in [0.15, 0.2) is 6.20 Å². The minimum atomic E-state index is 0.795. The molecule has 0 atom stereocenters. The van der Waals surface area contributed by atoms with Crippen molar-refractivity contribution in [1.82, 2.24) is 24.6 Å². The number of aryl methyl sites for hydroxylation is 2. The van der Waals surface area contributed by atoms with Crippen LogP contribution in [-0.2, 0) is 7.05 Å². The van der Waals surface area contributed by atoms with Gasteiger partial charge in [-0.05, 0) is 31.3 Å². The van der Waals surface area contributed by atoms with Crippen LogP contribution >= 0.6 is 11.8 Å². The smallest absolute Gasteiger partial charge is 0.163 e. The Balaban J connectivity index is 1.52. The molecule has 0 aromatic carbocycles. The van der Waals surface area contributed by atoms with Crippen LogP contribution in [0.25, 0.3) is 11.0 Å². The summed E-state index contributed by atoms with van der Waals surface area (Å²) in [6.07, 6.45) is 4.60. The van der Waals surface area contributed by atoms with Crippen molar-refractivity contribution in [2.45, 2.75) is 25.8 Å². The van der Waals surface area contributed by atoms with Crippen LogP contribution in [0.3, 0.4) is 0 Å². The summed E-state index contributed by atoms with van der Waals surface area (Å²) in [6.45, 7) is 6.33. The molecule has 23 heavy (non-hydrogen) atoms. The molecule has 7 heteroatoms. The number of fused-ring (bicyclic) bond motifs is 1. The van der Waals surface area contributed by atoms with Gasteiger partial charge >= 0.3 is 0 Å². The number of aromatic nitrogens is 4. The highest BCUT2D eigenvalue weighted by Crippen LogP contribution is 2.27. The second kappa shape index (κ2) is 6.28. The van der Waals surface area contributed by atoms with Crippen LogP contribution in [0.1, 0.15) is 18.7 Å². The maximum atomic E-state index is 4.72. The minimum Gasteiger partial charge on any atom is -0.353 e. The molecule has 0 amide bonds. The summed E-state index contributed by atoms with van der Waals surface area (Å²) >= 11 is 2.10. The fourth-order valence-electron chi connectivity index (χ4n) is 3.70. The first-order chi connectivity index (χ1) is 11.2. The van der Waals surface area contributed by atoms with Crippen molar-refractivity contribution in [3.63, 3.8) is 0 Å². The summed E-state index contributed by atoms with van der Waals surface area (Å²) in [7, 11) is 1.94. The normalized spacial score (nSPS) is 21.2. The average molecular weight is 332 g/mol. The first-order valence-corrected chi connectivity index (χ1v) is 9.61. The first-order valence-electron chi connectivity index (χ1n) is 8.45. The molecule has 124 valence electrons. The van der Waals surface area contributed by atoms with Crippen molar-refractivity contribution >= 4 is 28.6 Å². The van der Waals surface area contributed by atoms with E-state index in [-0.39, 0.29) is 0 Å². The second-order valence-corrected chi connectivity index (χ2v) is 7.69. The van der Waals surface area contributed by atoms with Gasteiger partial charge in [0, 0.05) is 39.3 Å². The van der Waals surface area contributed by atoms with Crippen molar-refractivity contribution in [2.24, 2.45) is 7.05 Å². The van der Waals surface area contributed by atoms with Crippen molar-refractivity contribution in [3.05, 3.63) is 12.0 Å².